The van der Waals surface area contributed by atoms with E-state index in [4.69, 9.17) is 5.10 Å². The molecule has 0 spiro atoms. The Kier molecular flexibility index (Phi) is 4.95. The van der Waals surface area contributed by atoms with Crippen molar-refractivity contribution in [2.24, 2.45) is 0 Å². The summed E-state index contributed by atoms with van der Waals surface area (Å²) >= 11 is 0. The Balaban J connectivity index is 1.38. The van der Waals surface area contributed by atoms with E-state index in [2.05, 4.69) is 51.3 Å². The van der Waals surface area contributed by atoms with Gasteiger partial charge >= 0.3 is 0 Å². The fourth-order valence-electron chi connectivity index (χ4n) is 4.10. The first kappa shape index (κ1) is 15.9. The van der Waals surface area contributed by atoms with Crippen molar-refractivity contribution in [1.29, 1.82) is 0 Å². The summed E-state index contributed by atoms with van der Waals surface area (Å²) in [7, 11) is 0. The van der Waals surface area contributed by atoms with Gasteiger partial charge in [-0.3, -0.25) is 9.58 Å². The van der Waals surface area contributed by atoms with Crippen molar-refractivity contribution in [1.82, 2.24) is 20.0 Å². The largest absolute Gasteiger partial charge is 0.311 e. The summed E-state index contributed by atoms with van der Waals surface area (Å²) in [5.74, 6) is 0.721. The van der Waals surface area contributed by atoms with Gasteiger partial charge in [0, 0.05) is 19.6 Å². The number of nitrogens with one attached hydrogen (secondary N) is 1. The van der Waals surface area contributed by atoms with E-state index in [0.717, 1.165) is 32.1 Å². The Morgan fingerprint density at radius 3 is 2.88 bits per heavy atom. The van der Waals surface area contributed by atoms with Gasteiger partial charge in [0.25, 0.3) is 0 Å². The van der Waals surface area contributed by atoms with Crippen LogP contribution in [0.25, 0.3) is 0 Å². The summed E-state index contributed by atoms with van der Waals surface area (Å²) in [5, 5.41) is 8.33. The molecule has 1 unspecified atom stereocenters. The Labute approximate surface area is 144 Å². The third kappa shape index (κ3) is 3.70. The number of aryl methyl sites for hydroxylation is 1. The summed E-state index contributed by atoms with van der Waals surface area (Å²) in [5.41, 5.74) is 4.10. The van der Waals surface area contributed by atoms with Gasteiger partial charge in [-0.05, 0) is 62.9 Å². The number of benzene rings is 1. The van der Waals surface area contributed by atoms with Gasteiger partial charge in [-0.25, -0.2) is 0 Å². The van der Waals surface area contributed by atoms with E-state index >= 15 is 0 Å². The van der Waals surface area contributed by atoms with Gasteiger partial charge in [-0.1, -0.05) is 30.3 Å². The molecule has 0 saturated carbocycles. The predicted octanol–water partition coefficient (Wildman–Crippen LogP) is 3.15. The van der Waals surface area contributed by atoms with Crippen LogP contribution in [0.5, 0.6) is 0 Å². The van der Waals surface area contributed by atoms with Crippen LogP contribution >= 0.6 is 0 Å². The second-order valence-corrected chi connectivity index (χ2v) is 7.20. The SMILES string of the molecule is c1ccc(C2CCCN(Cc3cc4n(n3)CCCNC4)CC2)cc1. The van der Waals surface area contributed by atoms with E-state index in [0.29, 0.717) is 0 Å². The molecule has 1 fully saturated rings. The number of hydrogen-bond acceptors (Lipinski definition) is 3. The molecule has 1 aromatic heterocycles. The first-order chi connectivity index (χ1) is 11.9. The van der Waals surface area contributed by atoms with Crippen LogP contribution in [0.3, 0.4) is 0 Å². The maximum absolute atomic E-state index is 4.85. The Bertz CT molecular complexity index is 625. The summed E-state index contributed by atoms with van der Waals surface area (Å²) in [6.07, 6.45) is 5.04. The standard InChI is InChI=1S/C20H28N4/c1-2-6-17(7-3-1)18-8-4-11-23(13-9-18)16-19-14-20-15-21-10-5-12-24(20)22-19/h1-3,6-7,14,18,21H,4-5,8-13,15-16H2. The normalized spacial score (nSPS) is 22.6. The minimum absolute atomic E-state index is 0.721. The van der Waals surface area contributed by atoms with Crippen molar-refractivity contribution >= 4 is 0 Å². The van der Waals surface area contributed by atoms with Gasteiger partial charge < -0.3 is 5.32 Å². The number of rotatable bonds is 3. The van der Waals surface area contributed by atoms with E-state index < -0.39 is 0 Å². The van der Waals surface area contributed by atoms with Crippen LogP contribution < -0.4 is 5.32 Å². The summed E-state index contributed by atoms with van der Waals surface area (Å²) in [6, 6.07) is 13.3. The molecule has 128 valence electrons. The molecule has 24 heavy (non-hydrogen) atoms. The molecule has 1 aromatic carbocycles. The van der Waals surface area contributed by atoms with E-state index in [-0.39, 0.29) is 0 Å². The van der Waals surface area contributed by atoms with Gasteiger partial charge in [-0.15, -0.1) is 0 Å². The van der Waals surface area contributed by atoms with Crippen LogP contribution in [0.4, 0.5) is 0 Å². The average molecular weight is 324 g/mol. The molecule has 0 aliphatic carbocycles. The fraction of sp³-hybridized carbons (Fsp3) is 0.550. The second kappa shape index (κ2) is 7.49. The van der Waals surface area contributed by atoms with Crippen molar-refractivity contribution in [3.05, 3.63) is 53.3 Å². The number of hydrogen-bond donors (Lipinski definition) is 1. The Morgan fingerprint density at radius 1 is 1.04 bits per heavy atom. The molecular weight excluding hydrogens is 296 g/mol. The number of likely N-dealkylation sites (tertiary alicyclic amines) is 1. The van der Waals surface area contributed by atoms with Gasteiger partial charge in [0.2, 0.25) is 0 Å². The van der Waals surface area contributed by atoms with Gasteiger partial charge in [0.15, 0.2) is 0 Å². The van der Waals surface area contributed by atoms with Crippen molar-refractivity contribution in [2.75, 3.05) is 19.6 Å². The topological polar surface area (TPSA) is 33.1 Å². The average Bonchev–Trinajstić information content (AvgIpc) is 2.79. The molecule has 4 nitrogen and oxygen atoms in total. The summed E-state index contributed by atoms with van der Waals surface area (Å²) in [4.78, 5) is 2.60. The molecule has 1 N–H and O–H groups in total. The summed E-state index contributed by atoms with van der Waals surface area (Å²) in [6.45, 7) is 6.50. The predicted molar refractivity (Wildman–Crippen MR) is 96.9 cm³/mol. The van der Waals surface area contributed by atoms with Crippen LogP contribution in [-0.2, 0) is 19.6 Å². The molecule has 1 atom stereocenters. The molecule has 2 aliphatic heterocycles. The molecule has 2 aromatic rings. The molecule has 0 radical (unpaired) electrons. The van der Waals surface area contributed by atoms with Crippen molar-refractivity contribution in [3.63, 3.8) is 0 Å². The highest BCUT2D eigenvalue weighted by Gasteiger charge is 2.20. The maximum atomic E-state index is 4.85. The molecule has 4 heteroatoms. The first-order valence-electron chi connectivity index (χ1n) is 9.42. The quantitative estimate of drug-likeness (QED) is 0.941. The molecule has 1 saturated heterocycles. The first-order valence-corrected chi connectivity index (χ1v) is 9.42. The van der Waals surface area contributed by atoms with Gasteiger partial charge in [0.1, 0.15) is 0 Å². The van der Waals surface area contributed by atoms with Gasteiger partial charge in [0.05, 0.1) is 11.4 Å². The zero-order chi connectivity index (χ0) is 16.2. The number of fused-ring (bicyclic) bond motifs is 1. The smallest absolute Gasteiger partial charge is 0.0768 e. The lowest BCUT2D eigenvalue weighted by atomic mass is 9.92. The van der Waals surface area contributed by atoms with Crippen LogP contribution in [0.2, 0.25) is 0 Å². The lowest BCUT2D eigenvalue weighted by Gasteiger charge is -2.19. The lowest BCUT2D eigenvalue weighted by molar-refractivity contribution is 0.271. The van der Waals surface area contributed by atoms with Crippen molar-refractivity contribution < 1.29 is 0 Å². The Hall–Kier alpha value is -1.65. The molecule has 0 amide bonds. The molecular formula is C20H28N4. The highest BCUT2D eigenvalue weighted by atomic mass is 15.3. The molecule has 3 heterocycles. The highest BCUT2D eigenvalue weighted by Crippen LogP contribution is 2.28. The van der Waals surface area contributed by atoms with Crippen LogP contribution in [0, 0.1) is 0 Å². The zero-order valence-electron chi connectivity index (χ0n) is 14.5. The third-order valence-corrected chi connectivity index (χ3v) is 5.42. The van der Waals surface area contributed by atoms with E-state index in [1.807, 2.05) is 0 Å². The third-order valence-electron chi connectivity index (χ3n) is 5.42. The fourth-order valence-corrected chi connectivity index (χ4v) is 4.10. The van der Waals surface area contributed by atoms with E-state index in [1.165, 1.54) is 55.7 Å². The number of nitrogens with zero attached hydrogens (tertiary/aromatic N) is 3. The minimum atomic E-state index is 0.721. The highest BCUT2D eigenvalue weighted by molar-refractivity contribution is 5.19. The molecule has 2 aliphatic rings. The van der Waals surface area contributed by atoms with E-state index in [1.54, 1.807) is 0 Å². The maximum Gasteiger partial charge on any atom is 0.0768 e. The minimum Gasteiger partial charge on any atom is -0.311 e. The zero-order valence-corrected chi connectivity index (χ0v) is 14.5. The van der Waals surface area contributed by atoms with Gasteiger partial charge in [-0.2, -0.15) is 5.10 Å². The van der Waals surface area contributed by atoms with Crippen LogP contribution in [0.1, 0.15) is 48.6 Å². The van der Waals surface area contributed by atoms with Crippen molar-refractivity contribution in [2.45, 2.75) is 51.2 Å². The van der Waals surface area contributed by atoms with Crippen LogP contribution in [0.15, 0.2) is 36.4 Å². The van der Waals surface area contributed by atoms with Crippen LogP contribution in [-0.4, -0.2) is 34.3 Å². The molecule has 0 bridgehead atoms. The molecule has 4 rings (SSSR count). The lowest BCUT2D eigenvalue weighted by Crippen LogP contribution is -2.24. The number of aromatic nitrogens is 2. The second-order valence-electron chi connectivity index (χ2n) is 7.20. The van der Waals surface area contributed by atoms with E-state index in [9.17, 15) is 0 Å². The monoisotopic (exact) mass is 324 g/mol. The Morgan fingerprint density at radius 2 is 1.96 bits per heavy atom. The van der Waals surface area contributed by atoms with Crippen molar-refractivity contribution in [3.8, 4) is 0 Å². The summed E-state index contributed by atoms with van der Waals surface area (Å²) < 4.78 is 2.21.